The second-order valence-corrected chi connectivity index (χ2v) is 4.35. The van der Waals surface area contributed by atoms with Crippen molar-refractivity contribution >= 4 is 11.5 Å². The van der Waals surface area contributed by atoms with Crippen molar-refractivity contribution in [1.82, 2.24) is 0 Å². The second-order valence-electron chi connectivity index (χ2n) is 4.35. The van der Waals surface area contributed by atoms with Crippen molar-refractivity contribution in [3.8, 4) is 5.75 Å². The summed E-state index contributed by atoms with van der Waals surface area (Å²) in [6.07, 6.45) is 0. The largest absolute Gasteiger partial charge is 0.507 e. The lowest BCUT2D eigenvalue weighted by Crippen LogP contribution is -2.36. The van der Waals surface area contributed by atoms with Crippen LogP contribution in [0.2, 0.25) is 0 Å². The van der Waals surface area contributed by atoms with Gasteiger partial charge in [0.05, 0.1) is 12.2 Å². The number of ketones is 1. The highest BCUT2D eigenvalue weighted by molar-refractivity contribution is 5.97. The van der Waals surface area contributed by atoms with Crippen molar-refractivity contribution < 1.29 is 14.6 Å². The van der Waals surface area contributed by atoms with Gasteiger partial charge < -0.3 is 14.7 Å². The van der Waals surface area contributed by atoms with E-state index in [9.17, 15) is 9.90 Å². The third-order valence-corrected chi connectivity index (χ3v) is 2.97. The van der Waals surface area contributed by atoms with Crippen molar-refractivity contribution in [1.29, 1.82) is 0 Å². The van der Waals surface area contributed by atoms with Gasteiger partial charge in [-0.2, -0.15) is 0 Å². The zero-order valence-electron chi connectivity index (χ0n) is 11.4. The molecular formula is C14H21NO3. The molecule has 4 nitrogen and oxygen atoms in total. The summed E-state index contributed by atoms with van der Waals surface area (Å²) in [5.41, 5.74) is 1.25. The van der Waals surface area contributed by atoms with Crippen LogP contribution in [0.1, 0.15) is 31.1 Å². The molecule has 1 aromatic rings. The number of phenolic OH excluding ortho intramolecular Hbond substituents is 1. The van der Waals surface area contributed by atoms with E-state index >= 15 is 0 Å². The minimum Gasteiger partial charge on any atom is -0.507 e. The molecule has 0 saturated heterocycles. The summed E-state index contributed by atoms with van der Waals surface area (Å²) < 4.78 is 5.14. The van der Waals surface area contributed by atoms with E-state index in [0.717, 1.165) is 12.2 Å². The molecule has 4 heteroatoms. The van der Waals surface area contributed by atoms with E-state index in [0.29, 0.717) is 12.2 Å². The molecule has 0 heterocycles. The summed E-state index contributed by atoms with van der Waals surface area (Å²) >= 11 is 0. The van der Waals surface area contributed by atoms with Crippen molar-refractivity contribution in [3.05, 3.63) is 23.8 Å². The quantitative estimate of drug-likeness (QED) is 0.789. The molecule has 0 bridgehead atoms. The van der Waals surface area contributed by atoms with Crippen LogP contribution in [0.5, 0.6) is 5.75 Å². The van der Waals surface area contributed by atoms with E-state index in [1.807, 2.05) is 13.0 Å². The maximum absolute atomic E-state index is 11.3. The fourth-order valence-electron chi connectivity index (χ4n) is 2.08. The number of aromatic hydroxyl groups is 1. The summed E-state index contributed by atoms with van der Waals surface area (Å²) in [5, 5.41) is 9.84. The Labute approximate surface area is 108 Å². The molecule has 100 valence electrons. The topological polar surface area (TPSA) is 49.8 Å². The van der Waals surface area contributed by atoms with Crippen LogP contribution < -0.4 is 4.90 Å². The van der Waals surface area contributed by atoms with Crippen LogP contribution in [-0.2, 0) is 4.74 Å². The number of benzene rings is 1. The van der Waals surface area contributed by atoms with E-state index in [2.05, 4.69) is 11.8 Å². The molecule has 0 amide bonds. The summed E-state index contributed by atoms with van der Waals surface area (Å²) in [5.74, 6) is -0.102. The van der Waals surface area contributed by atoms with Gasteiger partial charge in [-0.3, -0.25) is 4.79 Å². The summed E-state index contributed by atoms with van der Waals surface area (Å²) in [6, 6.07) is 5.36. The first kappa shape index (κ1) is 14.5. The van der Waals surface area contributed by atoms with Crippen LogP contribution in [0, 0.1) is 0 Å². The first-order valence-electron chi connectivity index (χ1n) is 6.10. The molecular weight excluding hydrogens is 230 g/mol. The minimum atomic E-state index is -0.132. The van der Waals surface area contributed by atoms with Gasteiger partial charge >= 0.3 is 0 Å². The summed E-state index contributed by atoms with van der Waals surface area (Å²) in [7, 11) is 1.67. The molecule has 0 aliphatic carbocycles. The van der Waals surface area contributed by atoms with Crippen molar-refractivity contribution in [2.24, 2.45) is 0 Å². The molecule has 18 heavy (non-hydrogen) atoms. The molecule has 1 atom stereocenters. The summed E-state index contributed by atoms with van der Waals surface area (Å²) in [4.78, 5) is 13.4. The highest BCUT2D eigenvalue weighted by atomic mass is 16.5. The van der Waals surface area contributed by atoms with Crippen LogP contribution in [-0.4, -0.2) is 37.2 Å². The fraction of sp³-hybridized carbons (Fsp3) is 0.500. The standard InChI is InChI=1S/C14H21NO3/c1-5-15(10(2)9-18-4)12-6-7-13(11(3)16)14(17)8-12/h6-8,10,17H,5,9H2,1-4H3. The van der Waals surface area contributed by atoms with Gasteiger partial charge in [-0.1, -0.05) is 0 Å². The molecule has 1 N–H and O–H groups in total. The van der Waals surface area contributed by atoms with Crippen LogP contribution in [0.4, 0.5) is 5.69 Å². The molecule has 1 unspecified atom stereocenters. The smallest absolute Gasteiger partial charge is 0.163 e. The number of carbonyl (C=O) groups excluding carboxylic acids is 1. The number of Topliss-reactive ketones (excluding diaryl/α,β-unsaturated/α-hetero) is 1. The number of anilines is 1. The Hall–Kier alpha value is -1.55. The highest BCUT2D eigenvalue weighted by Crippen LogP contribution is 2.26. The van der Waals surface area contributed by atoms with Gasteiger partial charge in [0, 0.05) is 31.5 Å². The van der Waals surface area contributed by atoms with Crippen LogP contribution in [0.25, 0.3) is 0 Å². The number of likely N-dealkylation sites (N-methyl/N-ethyl adjacent to an activating group) is 1. The molecule has 0 spiro atoms. The average molecular weight is 251 g/mol. The fourth-order valence-corrected chi connectivity index (χ4v) is 2.08. The maximum Gasteiger partial charge on any atom is 0.163 e. The number of carbonyl (C=O) groups is 1. The SMILES string of the molecule is CCN(c1ccc(C(C)=O)c(O)c1)C(C)COC. The predicted octanol–water partition coefficient (Wildman–Crippen LogP) is 2.46. The molecule has 0 radical (unpaired) electrons. The molecule has 0 aromatic heterocycles. The summed E-state index contributed by atoms with van der Waals surface area (Å²) in [6.45, 7) is 6.97. The van der Waals surface area contributed by atoms with Crippen LogP contribution >= 0.6 is 0 Å². The van der Waals surface area contributed by atoms with E-state index in [-0.39, 0.29) is 17.6 Å². The number of ether oxygens (including phenoxy) is 1. The van der Waals surface area contributed by atoms with Crippen LogP contribution in [0.3, 0.4) is 0 Å². The van der Waals surface area contributed by atoms with Gasteiger partial charge in [-0.15, -0.1) is 0 Å². The van der Waals surface area contributed by atoms with Gasteiger partial charge in [0.1, 0.15) is 5.75 Å². The molecule has 0 fully saturated rings. The van der Waals surface area contributed by atoms with Gasteiger partial charge in [0.25, 0.3) is 0 Å². The minimum absolute atomic E-state index is 0.0306. The normalized spacial score (nSPS) is 12.2. The average Bonchev–Trinajstić information content (AvgIpc) is 2.29. The lowest BCUT2D eigenvalue weighted by molar-refractivity contribution is 0.101. The number of phenols is 1. The first-order chi connectivity index (χ1) is 8.51. The number of hydrogen-bond donors (Lipinski definition) is 1. The molecule has 0 aliphatic heterocycles. The van der Waals surface area contributed by atoms with Gasteiger partial charge in [0.15, 0.2) is 5.78 Å². The number of methoxy groups -OCH3 is 1. The van der Waals surface area contributed by atoms with E-state index in [1.54, 1.807) is 19.2 Å². The third kappa shape index (κ3) is 3.23. The molecule has 1 aromatic carbocycles. The Bertz CT molecular complexity index is 418. The van der Waals surface area contributed by atoms with Gasteiger partial charge in [-0.25, -0.2) is 0 Å². The zero-order chi connectivity index (χ0) is 13.7. The Morgan fingerprint density at radius 3 is 2.61 bits per heavy atom. The van der Waals surface area contributed by atoms with Gasteiger partial charge in [0.2, 0.25) is 0 Å². The van der Waals surface area contributed by atoms with Crippen molar-refractivity contribution in [2.45, 2.75) is 26.8 Å². The third-order valence-electron chi connectivity index (χ3n) is 2.97. The van der Waals surface area contributed by atoms with E-state index in [4.69, 9.17) is 4.74 Å². The maximum atomic E-state index is 11.3. The number of hydrogen-bond acceptors (Lipinski definition) is 4. The lowest BCUT2D eigenvalue weighted by Gasteiger charge is -2.30. The Balaban J connectivity index is 3.01. The molecule has 0 aliphatic rings. The number of nitrogens with zero attached hydrogens (tertiary/aromatic N) is 1. The first-order valence-corrected chi connectivity index (χ1v) is 6.10. The lowest BCUT2D eigenvalue weighted by atomic mass is 10.1. The van der Waals surface area contributed by atoms with Crippen molar-refractivity contribution in [3.63, 3.8) is 0 Å². The molecule has 0 saturated carbocycles. The molecule has 1 rings (SSSR count). The Morgan fingerprint density at radius 2 is 2.17 bits per heavy atom. The zero-order valence-corrected chi connectivity index (χ0v) is 11.4. The monoisotopic (exact) mass is 251 g/mol. The van der Waals surface area contributed by atoms with Gasteiger partial charge in [-0.05, 0) is 32.9 Å². The Kier molecular flexibility index (Phi) is 5.16. The highest BCUT2D eigenvalue weighted by Gasteiger charge is 2.15. The van der Waals surface area contributed by atoms with Crippen molar-refractivity contribution in [2.75, 3.05) is 25.2 Å². The van der Waals surface area contributed by atoms with E-state index < -0.39 is 0 Å². The second kappa shape index (κ2) is 6.40. The Morgan fingerprint density at radius 1 is 1.50 bits per heavy atom. The van der Waals surface area contributed by atoms with E-state index in [1.165, 1.54) is 6.92 Å². The van der Waals surface area contributed by atoms with Crippen LogP contribution in [0.15, 0.2) is 18.2 Å². The predicted molar refractivity (Wildman–Crippen MR) is 72.5 cm³/mol. The number of rotatable bonds is 6.